The summed E-state index contributed by atoms with van der Waals surface area (Å²) in [5, 5.41) is 3.09. The Morgan fingerprint density at radius 3 is 2.53 bits per heavy atom. The Balaban J connectivity index is 2.84. The summed E-state index contributed by atoms with van der Waals surface area (Å²) in [7, 11) is 0. The van der Waals surface area contributed by atoms with Gasteiger partial charge in [0.1, 0.15) is 0 Å². The SMILES string of the molecule is C#CCNCCOCCCCCCCC. The van der Waals surface area contributed by atoms with Crippen LogP contribution >= 0.6 is 0 Å². The highest BCUT2D eigenvalue weighted by molar-refractivity contribution is 4.86. The fourth-order valence-corrected chi connectivity index (χ4v) is 1.39. The zero-order valence-electron chi connectivity index (χ0n) is 10.1. The molecular weight excluding hydrogens is 186 g/mol. The van der Waals surface area contributed by atoms with Gasteiger partial charge in [-0.2, -0.15) is 0 Å². The minimum absolute atomic E-state index is 0.639. The first-order valence-electron chi connectivity index (χ1n) is 6.13. The Hall–Kier alpha value is -0.520. The molecule has 0 atom stereocenters. The number of terminal acetylenes is 1. The van der Waals surface area contributed by atoms with E-state index in [2.05, 4.69) is 18.2 Å². The van der Waals surface area contributed by atoms with Crippen LogP contribution in [-0.2, 0) is 4.74 Å². The minimum Gasteiger partial charge on any atom is -0.380 e. The molecule has 0 bridgehead atoms. The lowest BCUT2D eigenvalue weighted by Gasteiger charge is -2.04. The summed E-state index contributed by atoms with van der Waals surface area (Å²) >= 11 is 0. The maximum Gasteiger partial charge on any atom is 0.0591 e. The summed E-state index contributed by atoms with van der Waals surface area (Å²) in [6.45, 7) is 5.41. The Kier molecular flexibility index (Phi) is 13.0. The van der Waals surface area contributed by atoms with Crippen molar-refractivity contribution in [1.29, 1.82) is 0 Å². The van der Waals surface area contributed by atoms with E-state index in [1.54, 1.807) is 0 Å². The largest absolute Gasteiger partial charge is 0.380 e. The van der Waals surface area contributed by atoms with Gasteiger partial charge in [0.2, 0.25) is 0 Å². The van der Waals surface area contributed by atoms with E-state index in [0.717, 1.165) is 19.8 Å². The van der Waals surface area contributed by atoms with Crippen LogP contribution in [0.3, 0.4) is 0 Å². The van der Waals surface area contributed by atoms with Crippen molar-refractivity contribution in [3.8, 4) is 12.3 Å². The van der Waals surface area contributed by atoms with Crippen LogP contribution in [0.4, 0.5) is 0 Å². The molecule has 0 aromatic carbocycles. The first-order valence-corrected chi connectivity index (χ1v) is 6.13. The van der Waals surface area contributed by atoms with Gasteiger partial charge in [-0.3, -0.25) is 0 Å². The van der Waals surface area contributed by atoms with Gasteiger partial charge in [-0.25, -0.2) is 0 Å². The number of hydrogen-bond acceptors (Lipinski definition) is 2. The second-order valence-electron chi connectivity index (χ2n) is 3.76. The summed E-state index contributed by atoms with van der Waals surface area (Å²) in [5.74, 6) is 2.53. The predicted octanol–water partition coefficient (Wildman–Crippen LogP) is 2.59. The Morgan fingerprint density at radius 1 is 1.07 bits per heavy atom. The highest BCUT2D eigenvalue weighted by atomic mass is 16.5. The van der Waals surface area contributed by atoms with Crippen LogP contribution in [0.1, 0.15) is 45.4 Å². The van der Waals surface area contributed by atoms with E-state index in [4.69, 9.17) is 11.2 Å². The van der Waals surface area contributed by atoms with Crippen molar-refractivity contribution in [2.45, 2.75) is 45.4 Å². The van der Waals surface area contributed by atoms with Gasteiger partial charge in [0.05, 0.1) is 13.2 Å². The van der Waals surface area contributed by atoms with E-state index >= 15 is 0 Å². The molecule has 0 spiro atoms. The summed E-state index contributed by atoms with van der Waals surface area (Å²) in [4.78, 5) is 0. The van der Waals surface area contributed by atoms with Gasteiger partial charge >= 0.3 is 0 Å². The molecule has 1 N–H and O–H groups in total. The first-order chi connectivity index (χ1) is 7.41. The van der Waals surface area contributed by atoms with Crippen molar-refractivity contribution < 1.29 is 4.74 Å². The standard InChI is InChI=1S/C13H25NO/c1-3-5-6-7-8-9-12-15-13-11-14-10-4-2/h2,14H,3,5-13H2,1H3. The summed E-state index contributed by atoms with van der Waals surface area (Å²) < 4.78 is 5.46. The second kappa shape index (κ2) is 13.5. The van der Waals surface area contributed by atoms with Crippen molar-refractivity contribution >= 4 is 0 Å². The molecule has 2 nitrogen and oxygen atoms in total. The van der Waals surface area contributed by atoms with Crippen LogP contribution in [0.2, 0.25) is 0 Å². The zero-order valence-corrected chi connectivity index (χ0v) is 10.1. The van der Waals surface area contributed by atoms with Gasteiger partial charge in [0.25, 0.3) is 0 Å². The zero-order chi connectivity index (χ0) is 11.2. The van der Waals surface area contributed by atoms with Crippen molar-refractivity contribution in [1.82, 2.24) is 5.32 Å². The third kappa shape index (κ3) is 13.5. The lowest BCUT2D eigenvalue weighted by atomic mass is 10.1. The fraction of sp³-hybridized carbons (Fsp3) is 0.846. The molecule has 0 aromatic rings. The topological polar surface area (TPSA) is 21.3 Å². The fourth-order valence-electron chi connectivity index (χ4n) is 1.39. The summed E-state index contributed by atoms with van der Waals surface area (Å²) in [6.07, 6.45) is 13.0. The minimum atomic E-state index is 0.639. The van der Waals surface area contributed by atoms with E-state index in [1.807, 2.05) is 0 Å². The molecule has 88 valence electrons. The van der Waals surface area contributed by atoms with Crippen molar-refractivity contribution in [3.05, 3.63) is 0 Å². The van der Waals surface area contributed by atoms with E-state index in [0.29, 0.717) is 6.54 Å². The van der Waals surface area contributed by atoms with E-state index in [9.17, 15) is 0 Å². The molecule has 15 heavy (non-hydrogen) atoms. The molecule has 0 heterocycles. The molecule has 0 radical (unpaired) electrons. The number of rotatable bonds is 11. The summed E-state index contributed by atoms with van der Waals surface area (Å²) in [6, 6.07) is 0. The third-order valence-electron chi connectivity index (χ3n) is 2.29. The van der Waals surface area contributed by atoms with Gasteiger partial charge in [0, 0.05) is 13.2 Å². The Bertz CT molecular complexity index is 151. The van der Waals surface area contributed by atoms with E-state index in [1.165, 1.54) is 38.5 Å². The molecular formula is C13H25NO. The quantitative estimate of drug-likeness (QED) is 0.419. The van der Waals surface area contributed by atoms with Gasteiger partial charge in [-0.1, -0.05) is 44.9 Å². The second-order valence-corrected chi connectivity index (χ2v) is 3.76. The Labute approximate surface area is 94.8 Å². The van der Waals surface area contributed by atoms with Crippen LogP contribution < -0.4 is 5.32 Å². The maximum absolute atomic E-state index is 5.46. The maximum atomic E-state index is 5.46. The van der Waals surface area contributed by atoms with Crippen LogP contribution in [0, 0.1) is 12.3 Å². The van der Waals surface area contributed by atoms with Gasteiger partial charge < -0.3 is 10.1 Å². The van der Waals surface area contributed by atoms with E-state index < -0.39 is 0 Å². The van der Waals surface area contributed by atoms with Crippen molar-refractivity contribution in [2.24, 2.45) is 0 Å². The Morgan fingerprint density at radius 2 is 1.80 bits per heavy atom. The van der Waals surface area contributed by atoms with Gasteiger partial charge in [-0.05, 0) is 6.42 Å². The highest BCUT2D eigenvalue weighted by Gasteiger charge is 1.91. The number of ether oxygens (including phenoxy) is 1. The monoisotopic (exact) mass is 211 g/mol. The van der Waals surface area contributed by atoms with Crippen LogP contribution in [0.5, 0.6) is 0 Å². The molecule has 0 aromatic heterocycles. The normalized spacial score (nSPS) is 10.1. The number of unbranched alkanes of at least 4 members (excludes halogenated alkanes) is 5. The average molecular weight is 211 g/mol. The molecule has 0 unspecified atom stereocenters. The molecule has 0 saturated carbocycles. The third-order valence-corrected chi connectivity index (χ3v) is 2.29. The first kappa shape index (κ1) is 14.5. The van der Waals surface area contributed by atoms with Gasteiger partial charge in [-0.15, -0.1) is 6.42 Å². The predicted molar refractivity (Wildman–Crippen MR) is 65.9 cm³/mol. The smallest absolute Gasteiger partial charge is 0.0591 e. The lowest BCUT2D eigenvalue weighted by Crippen LogP contribution is -2.19. The van der Waals surface area contributed by atoms with E-state index in [-0.39, 0.29) is 0 Å². The molecule has 0 amide bonds. The lowest BCUT2D eigenvalue weighted by molar-refractivity contribution is 0.132. The van der Waals surface area contributed by atoms with Crippen molar-refractivity contribution in [3.63, 3.8) is 0 Å². The average Bonchev–Trinajstić information content (AvgIpc) is 2.26. The van der Waals surface area contributed by atoms with Crippen LogP contribution in [-0.4, -0.2) is 26.3 Å². The molecule has 0 fully saturated rings. The molecule has 0 aliphatic carbocycles. The number of hydrogen-bond donors (Lipinski definition) is 1. The van der Waals surface area contributed by atoms with Gasteiger partial charge in [0.15, 0.2) is 0 Å². The van der Waals surface area contributed by atoms with Crippen molar-refractivity contribution in [2.75, 3.05) is 26.3 Å². The van der Waals surface area contributed by atoms with Crippen LogP contribution in [0.25, 0.3) is 0 Å². The van der Waals surface area contributed by atoms with Crippen LogP contribution in [0.15, 0.2) is 0 Å². The molecule has 0 aliphatic heterocycles. The molecule has 2 heteroatoms. The highest BCUT2D eigenvalue weighted by Crippen LogP contribution is 2.04. The molecule has 0 rings (SSSR count). The molecule has 0 aliphatic rings. The number of nitrogens with one attached hydrogen (secondary N) is 1. The summed E-state index contributed by atoms with van der Waals surface area (Å²) in [5.41, 5.74) is 0. The molecule has 0 saturated heterocycles.